The standard InChI is InChI=1S/C18H28N4O3/c1-25-10-6-18(14-23)5-4-9-22(13-18)16-12-19-11-15(20-16)17(24)21-7-2-3-8-21/h11-12,23H,2-10,13-14H2,1H3/t18-/m0/s1. The second kappa shape index (κ2) is 8.10. The Balaban J connectivity index is 1.74. The van der Waals surface area contributed by atoms with E-state index in [0.29, 0.717) is 18.8 Å². The van der Waals surface area contributed by atoms with E-state index in [9.17, 15) is 9.90 Å². The van der Waals surface area contributed by atoms with Crippen LogP contribution in [0, 0.1) is 5.41 Å². The molecule has 2 fully saturated rings. The van der Waals surface area contributed by atoms with E-state index in [1.54, 1.807) is 19.5 Å². The fourth-order valence-electron chi connectivity index (χ4n) is 3.83. The van der Waals surface area contributed by atoms with Crippen LogP contribution in [0.3, 0.4) is 0 Å². The Hall–Kier alpha value is -1.73. The van der Waals surface area contributed by atoms with E-state index in [0.717, 1.165) is 57.6 Å². The molecule has 2 saturated heterocycles. The lowest BCUT2D eigenvalue weighted by Gasteiger charge is -2.42. The Bertz CT molecular complexity index is 591. The van der Waals surface area contributed by atoms with Crippen LogP contribution < -0.4 is 4.90 Å². The largest absolute Gasteiger partial charge is 0.396 e. The molecule has 2 aliphatic rings. The zero-order chi connectivity index (χ0) is 17.7. The number of aliphatic hydroxyl groups is 1. The van der Waals surface area contributed by atoms with E-state index in [4.69, 9.17) is 4.74 Å². The molecule has 1 aromatic heterocycles. The molecule has 0 aliphatic carbocycles. The number of hydrogen-bond donors (Lipinski definition) is 1. The van der Waals surface area contributed by atoms with Gasteiger partial charge < -0.3 is 19.6 Å². The number of piperidine rings is 1. The molecule has 1 amide bonds. The van der Waals surface area contributed by atoms with Gasteiger partial charge in [-0.15, -0.1) is 0 Å². The van der Waals surface area contributed by atoms with Gasteiger partial charge >= 0.3 is 0 Å². The number of carbonyl (C=O) groups is 1. The van der Waals surface area contributed by atoms with Crippen molar-refractivity contribution in [1.82, 2.24) is 14.9 Å². The lowest BCUT2D eigenvalue weighted by atomic mass is 9.78. The van der Waals surface area contributed by atoms with Gasteiger partial charge in [-0.25, -0.2) is 4.98 Å². The molecule has 0 aromatic carbocycles. The number of carbonyl (C=O) groups excluding carboxylic acids is 1. The van der Waals surface area contributed by atoms with Gasteiger partial charge in [0, 0.05) is 45.3 Å². The van der Waals surface area contributed by atoms with Crippen LogP contribution in [0.1, 0.15) is 42.6 Å². The second-order valence-electron chi connectivity index (χ2n) is 7.19. The Morgan fingerprint density at radius 2 is 2.08 bits per heavy atom. The number of amides is 1. The number of aliphatic hydroxyl groups excluding tert-OH is 1. The van der Waals surface area contributed by atoms with Gasteiger partial charge in [0.2, 0.25) is 0 Å². The first-order valence-electron chi connectivity index (χ1n) is 9.13. The Labute approximate surface area is 149 Å². The molecule has 3 rings (SSSR count). The molecule has 0 bridgehead atoms. The number of likely N-dealkylation sites (tertiary alicyclic amines) is 1. The molecule has 0 spiro atoms. The maximum absolute atomic E-state index is 12.6. The minimum atomic E-state index is -0.176. The van der Waals surface area contributed by atoms with Gasteiger partial charge in [-0.05, 0) is 32.1 Å². The van der Waals surface area contributed by atoms with Crippen LogP contribution in [0.25, 0.3) is 0 Å². The smallest absolute Gasteiger partial charge is 0.274 e. The second-order valence-corrected chi connectivity index (χ2v) is 7.19. The molecule has 0 radical (unpaired) electrons. The van der Waals surface area contributed by atoms with E-state index in [1.807, 2.05) is 4.90 Å². The molecule has 0 unspecified atom stereocenters. The molecule has 0 saturated carbocycles. The molecule has 25 heavy (non-hydrogen) atoms. The fourth-order valence-corrected chi connectivity index (χ4v) is 3.83. The minimum Gasteiger partial charge on any atom is -0.396 e. The fraction of sp³-hybridized carbons (Fsp3) is 0.722. The topological polar surface area (TPSA) is 78.8 Å². The summed E-state index contributed by atoms with van der Waals surface area (Å²) < 4.78 is 5.21. The summed E-state index contributed by atoms with van der Waals surface area (Å²) in [5, 5.41) is 9.94. The average molecular weight is 348 g/mol. The highest BCUT2D eigenvalue weighted by atomic mass is 16.5. The maximum Gasteiger partial charge on any atom is 0.274 e. The Morgan fingerprint density at radius 1 is 1.28 bits per heavy atom. The predicted molar refractivity (Wildman–Crippen MR) is 94.6 cm³/mol. The number of ether oxygens (including phenoxy) is 1. The molecule has 3 heterocycles. The van der Waals surface area contributed by atoms with Crippen molar-refractivity contribution in [2.24, 2.45) is 5.41 Å². The van der Waals surface area contributed by atoms with E-state index >= 15 is 0 Å². The van der Waals surface area contributed by atoms with Crippen LogP contribution in [0.5, 0.6) is 0 Å². The number of anilines is 1. The first-order valence-corrected chi connectivity index (χ1v) is 9.13. The van der Waals surface area contributed by atoms with E-state index in [2.05, 4.69) is 14.9 Å². The molecule has 1 N–H and O–H groups in total. The summed E-state index contributed by atoms with van der Waals surface area (Å²) in [6.45, 7) is 3.95. The summed E-state index contributed by atoms with van der Waals surface area (Å²) in [5.74, 6) is 0.691. The van der Waals surface area contributed by atoms with Crippen molar-refractivity contribution in [3.63, 3.8) is 0 Å². The number of rotatable bonds is 6. The van der Waals surface area contributed by atoms with Gasteiger partial charge in [-0.3, -0.25) is 9.78 Å². The molecule has 7 heteroatoms. The van der Waals surface area contributed by atoms with Gasteiger partial charge in [0.1, 0.15) is 11.5 Å². The van der Waals surface area contributed by atoms with Crippen molar-refractivity contribution < 1.29 is 14.6 Å². The average Bonchev–Trinajstić information content (AvgIpc) is 3.21. The quantitative estimate of drug-likeness (QED) is 0.835. The molecule has 1 atom stereocenters. The lowest BCUT2D eigenvalue weighted by Crippen LogP contribution is -2.46. The predicted octanol–water partition coefficient (Wildman–Crippen LogP) is 1.33. The van der Waals surface area contributed by atoms with Crippen molar-refractivity contribution in [3.05, 3.63) is 18.1 Å². The van der Waals surface area contributed by atoms with Crippen molar-refractivity contribution >= 4 is 11.7 Å². The monoisotopic (exact) mass is 348 g/mol. The third-order valence-electron chi connectivity index (χ3n) is 5.39. The van der Waals surface area contributed by atoms with Gasteiger partial charge in [0.25, 0.3) is 5.91 Å². The summed E-state index contributed by atoms with van der Waals surface area (Å²) >= 11 is 0. The van der Waals surface area contributed by atoms with E-state index in [-0.39, 0.29) is 17.9 Å². The molecular formula is C18H28N4O3. The molecule has 7 nitrogen and oxygen atoms in total. The number of methoxy groups -OCH3 is 1. The molecule has 1 aromatic rings. The van der Waals surface area contributed by atoms with Crippen molar-refractivity contribution in [1.29, 1.82) is 0 Å². The highest BCUT2D eigenvalue weighted by Crippen LogP contribution is 2.34. The number of hydrogen-bond acceptors (Lipinski definition) is 6. The normalized spacial score (nSPS) is 23.9. The van der Waals surface area contributed by atoms with E-state index in [1.165, 1.54) is 0 Å². The first-order chi connectivity index (χ1) is 12.2. The Kier molecular flexibility index (Phi) is 5.86. The SMILES string of the molecule is COCC[C@@]1(CO)CCCN(c2cncc(C(=O)N3CCCC3)n2)C1. The van der Waals surface area contributed by atoms with Crippen LogP contribution in [0.2, 0.25) is 0 Å². The van der Waals surface area contributed by atoms with Crippen LogP contribution >= 0.6 is 0 Å². The Morgan fingerprint density at radius 3 is 2.80 bits per heavy atom. The first kappa shape index (κ1) is 18.1. The van der Waals surface area contributed by atoms with Crippen LogP contribution in [-0.2, 0) is 4.74 Å². The third-order valence-corrected chi connectivity index (χ3v) is 5.39. The minimum absolute atomic E-state index is 0.0309. The highest BCUT2D eigenvalue weighted by molar-refractivity contribution is 5.92. The number of aromatic nitrogens is 2. The van der Waals surface area contributed by atoms with Crippen molar-refractivity contribution in [2.45, 2.75) is 32.1 Å². The molecule has 2 aliphatic heterocycles. The van der Waals surface area contributed by atoms with Crippen LogP contribution in [0.4, 0.5) is 5.82 Å². The summed E-state index contributed by atoms with van der Waals surface area (Å²) in [7, 11) is 1.69. The van der Waals surface area contributed by atoms with Crippen molar-refractivity contribution in [2.75, 3.05) is 51.4 Å². The zero-order valence-corrected chi connectivity index (χ0v) is 15.0. The number of nitrogens with zero attached hydrogens (tertiary/aromatic N) is 4. The van der Waals surface area contributed by atoms with Crippen LogP contribution in [0.15, 0.2) is 12.4 Å². The van der Waals surface area contributed by atoms with Gasteiger partial charge in [0.15, 0.2) is 0 Å². The lowest BCUT2D eigenvalue weighted by molar-refractivity contribution is 0.0624. The highest BCUT2D eigenvalue weighted by Gasteiger charge is 2.35. The van der Waals surface area contributed by atoms with Crippen molar-refractivity contribution in [3.8, 4) is 0 Å². The summed E-state index contributed by atoms with van der Waals surface area (Å²) in [5.41, 5.74) is 0.238. The maximum atomic E-state index is 12.6. The summed E-state index contributed by atoms with van der Waals surface area (Å²) in [6.07, 6.45) is 8.16. The zero-order valence-electron chi connectivity index (χ0n) is 15.0. The van der Waals surface area contributed by atoms with Gasteiger partial charge in [0.05, 0.1) is 19.0 Å². The summed E-state index contributed by atoms with van der Waals surface area (Å²) in [4.78, 5) is 25.4. The van der Waals surface area contributed by atoms with E-state index < -0.39 is 0 Å². The third kappa shape index (κ3) is 4.10. The van der Waals surface area contributed by atoms with Gasteiger partial charge in [-0.2, -0.15) is 0 Å². The van der Waals surface area contributed by atoms with Gasteiger partial charge in [-0.1, -0.05) is 0 Å². The summed E-state index contributed by atoms with van der Waals surface area (Å²) in [6, 6.07) is 0. The molecule has 138 valence electrons. The van der Waals surface area contributed by atoms with Crippen LogP contribution in [-0.4, -0.2) is 72.4 Å². The molecular weight excluding hydrogens is 320 g/mol.